The first-order valence-electron chi connectivity index (χ1n) is 5.72. The molecule has 3 heteroatoms. The lowest BCUT2D eigenvalue weighted by Gasteiger charge is -2.14. The Morgan fingerprint density at radius 3 is 2.94 bits per heavy atom. The standard InChI is InChI=1S/C14H19NO2/c1-11(16)7-8-13-5-4-6-14(9-13)17-12(2)10-15-3/h4-9,12,15H,10H2,1-3H3/b8-7+/t12-/m1/s1. The molecule has 0 unspecified atom stereocenters. The summed E-state index contributed by atoms with van der Waals surface area (Å²) < 4.78 is 5.72. The summed E-state index contributed by atoms with van der Waals surface area (Å²) in [5.41, 5.74) is 0.967. The predicted octanol–water partition coefficient (Wildman–Crippen LogP) is 2.28. The number of hydrogen-bond acceptors (Lipinski definition) is 3. The lowest BCUT2D eigenvalue weighted by molar-refractivity contribution is -0.112. The van der Waals surface area contributed by atoms with Crippen molar-refractivity contribution in [3.8, 4) is 5.75 Å². The molecule has 92 valence electrons. The number of likely N-dealkylation sites (N-methyl/N-ethyl adjacent to an activating group) is 1. The molecule has 0 saturated carbocycles. The smallest absolute Gasteiger partial charge is 0.152 e. The van der Waals surface area contributed by atoms with Gasteiger partial charge in [-0.2, -0.15) is 0 Å². The monoisotopic (exact) mass is 233 g/mol. The maximum absolute atomic E-state index is 10.8. The normalized spacial score (nSPS) is 12.6. The van der Waals surface area contributed by atoms with Crippen molar-refractivity contribution in [1.29, 1.82) is 0 Å². The summed E-state index contributed by atoms with van der Waals surface area (Å²) in [5, 5.41) is 3.06. The molecule has 0 aromatic heterocycles. The number of benzene rings is 1. The Morgan fingerprint density at radius 2 is 2.29 bits per heavy atom. The first-order chi connectivity index (χ1) is 8.11. The molecule has 0 heterocycles. The SMILES string of the molecule is CNC[C@@H](C)Oc1cccc(/C=C/C(C)=O)c1. The van der Waals surface area contributed by atoms with E-state index < -0.39 is 0 Å². The molecule has 1 rings (SSSR count). The Labute approximate surface area is 102 Å². The molecule has 0 radical (unpaired) electrons. The van der Waals surface area contributed by atoms with E-state index in [1.807, 2.05) is 38.2 Å². The van der Waals surface area contributed by atoms with Crippen LogP contribution >= 0.6 is 0 Å². The zero-order chi connectivity index (χ0) is 12.7. The molecule has 0 amide bonds. The Balaban J connectivity index is 2.68. The fourth-order valence-electron chi connectivity index (χ4n) is 1.47. The largest absolute Gasteiger partial charge is 0.489 e. The Morgan fingerprint density at radius 1 is 1.53 bits per heavy atom. The second-order valence-electron chi connectivity index (χ2n) is 4.00. The third-order valence-electron chi connectivity index (χ3n) is 2.20. The topological polar surface area (TPSA) is 38.3 Å². The average molecular weight is 233 g/mol. The van der Waals surface area contributed by atoms with Gasteiger partial charge in [0.2, 0.25) is 0 Å². The molecule has 17 heavy (non-hydrogen) atoms. The summed E-state index contributed by atoms with van der Waals surface area (Å²) in [6, 6.07) is 7.69. The summed E-state index contributed by atoms with van der Waals surface area (Å²) in [5.74, 6) is 0.860. The van der Waals surface area contributed by atoms with E-state index in [9.17, 15) is 4.79 Å². The fourth-order valence-corrected chi connectivity index (χ4v) is 1.47. The molecule has 0 bridgehead atoms. The first-order valence-corrected chi connectivity index (χ1v) is 5.72. The van der Waals surface area contributed by atoms with E-state index in [-0.39, 0.29) is 11.9 Å². The molecular weight excluding hydrogens is 214 g/mol. The van der Waals surface area contributed by atoms with Gasteiger partial charge < -0.3 is 10.1 Å². The summed E-state index contributed by atoms with van der Waals surface area (Å²) >= 11 is 0. The lowest BCUT2D eigenvalue weighted by Crippen LogP contribution is -2.25. The quantitative estimate of drug-likeness (QED) is 0.766. The van der Waals surface area contributed by atoms with Crippen LogP contribution in [-0.2, 0) is 4.79 Å². The number of ketones is 1. The molecule has 0 aliphatic heterocycles. The average Bonchev–Trinajstić information content (AvgIpc) is 2.27. The highest BCUT2D eigenvalue weighted by Crippen LogP contribution is 2.15. The molecule has 1 N–H and O–H groups in total. The number of carbonyl (C=O) groups is 1. The number of allylic oxidation sites excluding steroid dienone is 1. The number of rotatable bonds is 6. The number of carbonyl (C=O) groups excluding carboxylic acids is 1. The Bertz CT molecular complexity index is 399. The van der Waals surface area contributed by atoms with Crippen LogP contribution in [0.2, 0.25) is 0 Å². The minimum atomic E-state index is 0.0415. The van der Waals surface area contributed by atoms with E-state index in [1.54, 1.807) is 12.2 Å². The van der Waals surface area contributed by atoms with Crippen molar-refractivity contribution in [1.82, 2.24) is 5.32 Å². The van der Waals surface area contributed by atoms with Gasteiger partial charge in [0.05, 0.1) is 0 Å². The van der Waals surface area contributed by atoms with E-state index in [1.165, 1.54) is 6.92 Å². The van der Waals surface area contributed by atoms with Crippen molar-refractivity contribution >= 4 is 11.9 Å². The molecule has 0 fully saturated rings. The second kappa shape index (κ2) is 6.86. The van der Waals surface area contributed by atoms with Gasteiger partial charge in [-0.15, -0.1) is 0 Å². The third kappa shape index (κ3) is 5.31. The van der Waals surface area contributed by atoms with Gasteiger partial charge in [0.15, 0.2) is 5.78 Å². The maximum Gasteiger partial charge on any atom is 0.152 e. The summed E-state index contributed by atoms with van der Waals surface area (Å²) in [6.07, 6.45) is 3.46. The van der Waals surface area contributed by atoms with Gasteiger partial charge in [0.25, 0.3) is 0 Å². The maximum atomic E-state index is 10.8. The third-order valence-corrected chi connectivity index (χ3v) is 2.20. The molecule has 1 atom stereocenters. The zero-order valence-electron chi connectivity index (χ0n) is 10.6. The minimum absolute atomic E-state index is 0.0415. The van der Waals surface area contributed by atoms with Crippen LogP contribution in [0.5, 0.6) is 5.75 Å². The van der Waals surface area contributed by atoms with Crippen molar-refractivity contribution < 1.29 is 9.53 Å². The molecule has 1 aromatic rings. The van der Waals surface area contributed by atoms with Crippen molar-refractivity contribution in [3.63, 3.8) is 0 Å². The van der Waals surface area contributed by atoms with Gasteiger partial charge in [0, 0.05) is 6.54 Å². The van der Waals surface area contributed by atoms with Crippen LogP contribution in [0.3, 0.4) is 0 Å². The molecule has 0 spiro atoms. The number of nitrogens with one attached hydrogen (secondary N) is 1. The molecule has 3 nitrogen and oxygen atoms in total. The van der Waals surface area contributed by atoms with Gasteiger partial charge in [-0.05, 0) is 44.7 Å². The van der Waals surface area contributed by atoms with Gasteiger partial charge in [0.1, 0.15) is 11.9 Å². The van der Waals surface area contributed by atoms with Crippen molar-refractivity contribution in [2.45, 2.75) is 20.0 Å². The van der Waals surface area contributed by atoms with Crippen LogP contribution in [-0.4, -0.2) is 25.5 Å². The number of hydrogen-bond donors (Lipinski definition) is 1. The van der Waals surface area contributed by atoms with Gasteiger partial charge in [-0.3, -0.25) is 4.79 Å². The predicted molar refractivity (Wildman–Crippen MR) is 70.2 cm³/mol. The van der Waals surface area contributed by atoms with Crippen LogP contribution < -0.4 is 10.1 Å². The molecule has 0 aliphatic rings. The van der Waals surface area contributed by atoms with Crippen LogP contribution in [0, 0.1) is 0 Å². The lowest BCUT2D eigenvalue weighted by atomic mass is 10.2. The van der Waals surface area contributed by atoms with Crippen molar-refractivity contribution in [3.05, 3.63) is 35.9 Å². The second-order valence-corrected chi connectivity index (χ2v) is 4.00. The van der Waals surface area contributed by atoms with Crippen LogP contribution in [0.1, 0.15) is 19.4 Å². The van der Waals surface area contributed by atoms with Gasteiger partial charge in [-0.25, -0.2) is 0 Å². The van der Waals surface area contributed by atoms with Crippen molar-refractivity contribution in [2.24, 2.45) is 0 Å². The Kier molecular flexibility index (Phi) is 5.43. The minimum Gasteiger partial charge on any atom is -0.489 e. The van der Waals surface area contributed by atoms with Crippen LogP contribution in [0.25, 0.3) is 6.08 Å². The highest BCUT2D eigenvalue weighted by atomic mass is 16.5. The summed E-state index contributed by atoms with van der Waals surface area (Å²) in [4.78, 5) is 10.8. The van der Waals surface area contributed by atoms with E-state index >= 15 is 0 Å². The van der Waals surface area contributed by atoms with E-state index in [2.05, 4.69) is 5.32 Å². The van der Waals surface area contributed by atoms with E-state index in [0.717, 1.165) is 17.9 Å². The first kappa shape index (κ1) is 13.5. The highest BCUT2D eigenvalue weighted by Gasteiger charge is 2.02. The Hall–Kier alpha value is -1.61. The van der Waals surface area contributed by atoms with E-state index in [0.29, 0.717) is 0 Å². The van der Waals surface area contributed by atoms with Crippen LogP contribution in [0.15, 0.2) is 30.3 Å². The zero-order valence-corrected chi connectivity index (χ0v) is 10.6. The molecule has 0 saturated heterocycles. The van der Waals surface area contributed by atoms with E-state index in [4.69, 9.17) is 4.74 Å². The van der Waals surface area contributed by atoms with Gasteiger partial charge >= 0.3 is 0 Å². The van der Waals surface area contributed by atoms with Gasteiger partial charge in [-0.1, -0.05) is 18.2 Å². The summed E-state index contributed by atoms with van der Waals surface area (Å²) in [6.45, 7) is 4.34. The molecular formula is C14H19NO2. The summed E-state index contributed by atoms with van der Waals surface area (Å²) in [7, 11) is 1.89. The molecule has 1 aromatic carbocycles. The number of ether oxygens (including phenoxy) is 1. The highest BCUT2D eigenvalue weighted by molar-refractivity contribution is 5.91. The van der Waals surface area contributed by atoms with Crippen LogP contribution in [0.4, 0.5) is 0 Å². The molecule has 0 aliphatic carbocycles. The van der Waals surface area contributed by atoms with Crippen molar-refractivity contribution in [2.75, 3.05) is 13.6 Å². The fraction of sp³-hybridized carbons (Fsp3) is 0.357.